The Bertz CT molecular complexity index is 1400. The van der Waals surface area contributed by atoms with E-state index in [1.54, 1.807) is 42.5 Å². The summed E-state index contributed by atoms with van der Waals surface area (Å²) in [7, 11) is 0. The molecule has 0 radical (unpaired) electrons. The number of hydrogen-bond donors (Lipinski definition) is 1. The monoisotopic (exact) mass is 477 g/mol. The van der Waals surface area contributed by atoms with Crippen LogP contribution in [-0.2, 0) is 6.61 Å². The molecule has 0 spiro atoms. The smallest absolute Gasteiger partial charge is 0.269 e. The highest BCUT2D eigenvalue weighted by Gasteiger charge is 2.33. The number of hydrogen-bond acceptors (Lipinski definition) is 8. The minimum absolute atomic E-state index is 0.000913. The van der Waals surface area contributed by atoms with Gasteiger partial charge in [0.05, 0.1) is 15.9 Å². The number of ether oxygens (including phenoxy) is 4. The van der Waals surface area contributed by atoms with E-state index >= 15 is 0 Å². The number of allylic oxidation sites excluding steroid dienone is 1. The van der Waals surface area contributed by atoms with Crippen LogP contribution in [0.3, 0.4) is 0 Å². The second-order valence-electron chi connectivity index (χ2n) is 7.57. The Kier molecular flexibility index (Phi) is 5.36. The van der Waals surface area contributed by atoms with Crippen molar-refractivity contribution in [2.75, 3.05) is 6.79 Å². The van der Waals surface area contributed by atoms with E-state index in [1.807, 2.05) is 0 Å². The Balaban J connectivity index is 1.45. The summed E-state index contributed by atoms with van der Waals surface area (Å²) in [5.74, 6) is 1.41. The zero-order valence-corrected chi connectivity index (χ0v) is 18.2. The van der Waals surface area contributed by atoms with E-state index in [-0.39, 0.29) is 30.5 Å². The Morgan fingerprint density at radius 3 is 2.68 bits per heavy atom. The fourth-order valence-corrected chi connectivity index (χ4v) is 4.17. The number of rotatable bonds is 5. The van der Waals surface area contributed by atoms with Crippen LogP contribution in [0.15, 0.2) is 66.1 Å². The number of fused-ring (bicyclic) bond motifs is 2. The van der Waals surface area contributed by atoms with Gasteiger partial charge in [-0.3, -0.25) is 10.1 Å². The molecule has 9 nitrogen and oxygen atoms in total. The molecule has 0 saturated heterocycles. The van der Waals surface area contributed by atoms with Gasteiger partial charge in [-0.15, -0.1) is 0 Å². The van der Waals surface area contributed by atoms with E-state index in [0.717, 1.165) is 0 Å². The Morgan fingerprint density at radius 2 is 1.94 bits per heavy atom. The number of nitriles is 1. The lowest BCUT2D eigenvalue weighted by Crippen LogP contribution is -2.21. The molecule has 0 amide bonds. The molecule has 0 saturated carbocycles. The maximum atomic E-state index is 11.0. The molecule has 2 aliphatic rings. The highest BCUT2D eigenvalue weighted by atomic mass is 35.5. The summed E-state index contributed by atoms with van der Waals surface area (Å²) < 4.78 is 22.4. The van der Waals surface area contributed by atoms with Gasteiger partial charge in [-0.2, -0.15) is 5.26 Å². The zero-order valence-electron chi connectivity index (χ0n) is 17.5. The van der Waals surface area contributed by atoms with Crippen LogP contribution in [0, 0.1) is 21.4 Å². The third-order valence-corrected chi connectivity index (χ3v) is 5.81. The first kappa shape index (κ1) is 21.4. The lowest BCUT2D eigenvalue weighted by molar-refractivity contribution is -0.384. The van der Waals surface area contributed by atoms with Gasteiger partial charge >= 0.3 is 0 Å². The van der Waals surface area contributed by atoms with Crippen molar-refractivity contribution in [3.05, 3.63) is 97.9 Å². The van der Waals surface area contributed by atoms with Crippen LogP contribution < -0.4 is 24.7 Å². The third kappa shape index (κ3) is 3.80. The summed E-state index contributed by atoms with van der Waals surface area (Å²) in [6.07, 6.45) is 0. The maximum Gasteiger partial charge on any atom is 0.269 e. The average molecular weight is 478 g/mol. The van der Waals surface area contributed by atoms with Crippen molar-refractivity contribution in [3.63, 3.8) is 0 Å². The molecule has 2 heterocycles. The van der Waals surface area contributed by atoms with Crippen molar-refractivity contribution in [3.8, 4) is 29.1 Å². The summed E-state index contributed by atoms with van der Waals surface area (Å²) >= 11 is 6.51. The van der Waals surface area contributed by atoms with Crippen molar-refractivity contribution < 1.29 is 23.9 Å². The predicted molar refractivity (Wildman–Crippen MR) is 121 cm³/mol. The molecule has 1 atom stereocenters. The maximum absolute atomic E-state index is 11.0. The second-order valence-corrected chi connectivity index (χ2v) is 7.98. The van der Waals surface area contributed by atoms with Gasteiger partial charge in [0, 0.05) is 23.8 Å². The first-order valence-corrected chi connectivity index (χ1v) is 10.5. The Hall–Kier alpha value is -4.42. The Morgan fingerprint density at radius 1 is 1.15 bits per heavy atom. The normalized spacial score (nSPS) is 15.8. The Labute approximate surface area is 198 Å². The van der Waals surface area contributed by atoms with E-state index in [0.29, 0.717) is 44.7 Å². The molecular weight excluding hydrogens is 462 g/mol. The van der Waals surface area contributed by atoms with Gasteiger partial charge in [0.1, 0.15) is 29.7 Å². The lowest BCUT2D eigenvalue weighted by atomic mass is 9.83. The standard InChI is InChI=1S/C24H16ClN3O6/c25-18-7-14(4-5-19(18)31-11-13-2-1-3-15(6-13)28(29)30)23-16-8-21-22(33-12-32-21)9-20(16)34-24(27)17(23)10-26/h1-9,23H,11-12,27H2/t23-/m1/s1. The molecule has 0 unspecified atom stereocenters. The van der Waals surface area contributed by atoms with E-state index in [1.165, 1.54) is 12.1 Å². The van der Waals surface area contributed by atoms with Crippen molar-refractivity contribution >= 4 is 17.3 Å². The number of halogens is 1. The van der Waals surface area contributed by atoms with Crippen molar-refractivity contribution in [1.29, 1.82) is 5.26 Å². The van der Waals surface area contributed by atoms with Crippen molar-refractivity contribution in [2.24, 2.45) is 5.73 Å². The molecule has 170 valence electrons. The second kappa shape index (κ2) is 8.50. The number of non-ortho nitro benzene ring substituents is 1. The largest absolute Gasteiger partial charge is 0.487 e. The van der Waals surface area contributed by atoms with Crippen LogP contribution >= 0.6 is 11.6 Å². The number of benzene rings is 3. The molecule has 5 rings (SSSR count). The van der Waals surface area contributed by atoms with Gasteiger partial charge in [0.15, 0.2) is 11.5 Å². The fraction of sp³-hybridized carbons (Fsp3) is 0.125. The molecule has 0 fully saturated rings. The van der Waals surface area contributed by atoms with Gasteiger partial charge in [0.25, 0.3) is 5.69 Å². The number of nitro groups is 1. The number of nitro benzene ring substituents is 1. The first-order valence-electron chi connectivity index (χ1n) is 10.1. The van der Waals surface area contributed by atoms with Crippen LogP contribution in [0.25, 0.3) is 0 Å². The average Bonchev–Trinajstić information content (AvgIpc) is 3.28. The zero-order chi connectivity index (χ0) is 23.8. The number of nitrogens with two attached hydrogens (primary N) is 1. The van der Waals surface area contributed by atoms with E-state index in [2.05, 4.69) is 6.07 Å². The first-order chi connectivity index (χ1) is 16.4. The van der Waals surface area contributed by atoms with Crippen molar-refractivity contribution in [2.45, 2.75) is 12.5 Å². The molecule has 34 heavy (non-hydrogen) atoms. The highest BCUT2D eigenvalue weighted by molar-refractivity contribution is 6.32. The molecule has 10 heteroatoms. The summed E-state index contributed by atoms with van der Waals surface area (Å²) in [4.78, 5) is 10.5. The van der Waals surface area contributed by atoms with Gasteiger partial charge < -0.3 is 24.7 Å². The van der Waals surface area contributed by atoms with Gasteiger partial charge in [-0.25, -0.2) is 0 Å². The molecule has 0 aliphatic carbocycles. The third-order valence-electron chi connectivity index (χ3n) is 5.52. The molecular formula is C24H16ClN3O6. The SMILES string of the molecule is N#CC1=C(N)Oc2cc3c(cc2[C@H]1c1ccc(OCc2cccc([N+](=O)[O-])c2)c(Cl)c1)OCO3. The van der Waals surface area contributed by atoms with E-state index in [9.17, 15) is 15.4 Å². The molecule has 3 aromatic rings. The summed E-state index contributed by atoms with van der Waals surface area (Å²) in [5.41, 5.74) is 8.30. The molecule has 2 N–H and O–H groups in total. The summed E-state index contributed by atoms with van der Waals surface area (Å²) in [6.45, 7) is 0.194. The van der Waals surface area contributed by atoms with Gasteiger partial charge in [-0.05, 0) is 29.3 Å². The van der Waals surface area contributed by atoms with Gasteiger partial charge in [0.2, 0.25) is 12.7 Å². The van der Waals surface area contributed by atoms with Crippen LogP contribution in [0.4, 0.5) is 5.69 Å². The topological polar surface area (TPSA) is 130 Å². The fourth-order valence-electron chi connectivity index (χ4n) is 3.92. The lowest BCUT2D eigenvalue weighted by Gasteiger charge is -2.27. The van der Waals surface area contributed by atoms with Gasteiger partial charge in [-0.1, -0.05) is 29.8 Å². The van der Waals surface area contributed by atoms with Crippen molar-refractivity contribution in [1.82, 2.24) is 0 Å². The van der Waals surface area contributed by atoms with Crippen LogP contribution in [0.2, 0.25) is 5.02 Å². The number of nitrogens with zero attached hydrogens (tertiary/aromatic N) is 2. The quantitative estimate of drug-likeness (QED) is 0.410. The highest BCUT2D eigenvalue weighted by Crippen LogP contribution is 2.48. The minimum Gasteiger partial charge on any atom is -0.487 e. The molecule has 0 aromatic heterocycles. The van der Waals surface area contributed by atoms with Crippen LogP contribution in [0.1, 0.15) is 22.6 Å². The summed E-state index contributed by atoms with van der Waals surface area (Å²) in [6, 6.07) is 16.9. The molecule has 3 aromatic carbocycles. The van der Waals surface area contributed by atoms with E-state index in [4.69, 9.17) is 36.3 Å². The van der Waals surface area contributed by atoms with E-state index < -0.39 is 10.8 Å². The molecule has 2 aliphatic heterocycles. The summed E-state index contributed by atoms with van der Waals surface area (Å²) in [5, 5.41) is 21.1. The minimum atomic E-state index is -0.536. The molecule has 0 bridgehead atoms. The predicted octanol–water partition coefficient (Wildman–Crippen LogP) is 4.77. The van der Waals surface area contributed by atoms with Crippen LogP contribution in [-0.4, -0.2) is 11.7 Å². The van der Waals surface area contributed by atoms with Crippen LogP contribution in [0.5, 0.6) is 23.0 Å².